The Morgan fingerprint density at radius 1 is 0.793 bits per heavy atom. The molecule has 0 heterocycles. The normalized spacial score (nSPS) is 11.8. The van der Waals surface area contributed by atoms with E-state index in [0.717, 1.165) is 0 Å². The van der Waals surface area contributed by atoms with Crippen molar-refractivity contribution >= 4 is 25.5 Å². The van der Waals surface area contributed by atoms with E-state index in [1.165, 1.54) is 38.3 Å². The van der Waals surface area contributed by atoms with Gasteiger partial charge in [-0.15, -0.1) is 0 Å². The number of nitrogens with one attached hydrogen (secondary N) is 1. The number of hydrogen-bond acceptors (Lipinski definition) is 5. The summed E-state index contributed by atoms with van der Waals surface area (Å²) in [5, 5.41) is 0. The molecule has 0 aliphatic heterocycles. The summed E-state index contributed by atoms with van der Waals surface area (Å²) in [7, 11) is -6.35. The minimum Gasteiger partial charge on any atom is -0.497 e. The zero-order chi connectivity index (χ0) is 21.2. The van der Waals surface area contributed by atoms with E-state index in [4.69, 9.17) is 4.74 Å². The smallest absolute Gasteiger partial charge is 0.262 e. The first kappa shape index (κ1) is 20.9. The van der Waals surface area contributed by atoms with Crippen LogP contribution in [0, 0.1) is 13.8 Å². The summed E-state index contributed by atoms with van der Waals surface area (Å²) >= 11 is 0. The molecule has 8 heteroatoms. The number of sulfonamides is 1. The topological polar surface area (TPSA) is 89.5 Å². The lowest BCUT2D eigenvalue weighted by Gasteiger charge is -2.15. The average Bonchev–Trinajstić information content (AvgIpc) is 2.70. The summed E-state index contributed by atoms with van der Waals surface area (Å²) < 4.78 is 59.8. The van der Waals surface area contributed by atoms with Crippen molar-refractivity contribution in [2.24, 2.45) is 0 Å². The number of anilines is 1. The molecule has 29 heavy (non-hydrogen) atoms. The molecule has 0 unspecified atom stereocenters. The Hall–Kier alpha value is -2.84. The van der Waals surface area contributed by atoms with E-state index >= 15 is 0 Å². The molecule has 0 amide bonds. The van der Waals surface area contributed by atoms with Crippen LogP contribution >= 0.6 is 0 Å². The molecule has 0 saturated heterocycles. The molecule has 152 valence electrons. The Balaban J connectivity index is 2.08. The van der Waals surface area contributed by atoms with Crippen molar-refractivity contribution in [3.63, 3.8) is 0 Å². The lowest BCUT2D eigenvalue weighted by atomic mass is 10.2. The fraction of sp³-hybridized carbons (Fsp3) is 0.143. The Morgan fingerprint density at radius 2 is 1.38 bits per heavy atom. The van der Waals surface area contributed by atoms with Crippen molar-refractivity contribution in [2.75, 3.05) is 11.8 Å². The quantitative estimate of drug-likeness (QED) is 0.638. The number of methoxy groups -OCH3 is 1. The molecule has 0 radical (unpaired) electrons. The van der Waals surface area contributed by atoms with Crippen LogP contribution < -0.4 is 9.46 Å². The maximum Gasteiger partial charge on any atom is 0.262 e. The van der Waals surface area contributed by atoms with E-state index in [9.17, 15) is 16.8 Å². The fourth-order valence-electron chi connectivity index (χ4n) is 2.95. The largest absolute Gasteiger partial charge is 0.497 e. The minimum atomic E-state index is -4.01. The van der Waals surface area contributed by atoms with Crippen molar-refractivity contribution in [3.8, 4) is 5.75 Å². The van der Waals surface area contributed by atoms with Gasteiger partial charge in [-0.2, -0.15) is 0 Å². The van der Waals surface area contributed by atoms with Gasteiger partial charge in [0.25, 0.3) is 10.0 Å². The molecule has 0 atom stereocenters. The molecular formula is C21H21NO5S2. The zero-order valence-corrected chi connectivity index (χ0v) is 17.8. The molecule has 0 saturated carbocycles. The van der Waals surface area contributed by atoms with Crippen molar-refractivity contribution in [3.05, 3.63) is 77.9 Å². The highest BCUT2D eigenvalue weighted by atomic mass is 32.2. The highest BCUT2D eigenvalue weighted by molar-refractivity contribution is 7.93. The van der Waals surface area contributed by atoms with Gasteiger partial charge in [-0.25, -0.2) is 16.8 Å². The molecule has 0 bridgehead atoms. The van der Waals surface area contributed by atoms with E-state index in [-0.39, 0.29) is 20.2 Å². The maximum absolute atomic E-state index is 13.1. The third-order valence-corrected chi connectivity index (χ3v) is 7.83. The Bertz CT molecular complexity index is 1230. The third-order valence-electron chi connectivity index (χ3n) is 4.43. The number of sulfone groups is 1. The van der Waals surface area contributed by atoms with E-state index < -0.39 is 19.9 Å². The van der Waals surface area contributed by atoms with Crippen LogP contribution in [0.1, 0.15) is 11.1 Å². The second kappa shape index (κ2) is 7.88. The minimum absolute atomic E-state index is 0.0289. The van der Waals surface area contributed by atoms with Gasteiger partial charge < -0.3 is 4.74 Å². The van der Waals surface area contributed by atoms with Crippen LogP contribution in [0.15, 0.2) is 81.4 Å². The van der Waals surface area contributed by atoms with Crippen LogP contribution in [0.5, 0.6) is 5.75 Å². The molecule has 6 nitrogen and oxygen atoms in total. The van der Waals surface area contributed by atoms with E-state index in [2.05, 4.69) is 4.72 Å². The first-order valence-electron chi connectivity index (χ1n) is 8.73. The first-order valence-corrected chi connectivity index (χ1v) is 11.7. The van der Waals surface area contributed by atoms with Crippen LogP contribution in [0.2, 0.25) is 0 Å². The summed E-state index contributed by atoms with van der Waals surface area (Å²) in [5.74, 6) is 0.593. The molecular weight excluding hydrogens is 410 g/mol. The van der Waals surface area contributed by atoms with Crippen LogP contribution in [0.3, 0.4) is 0 Å². The van der Waals surface area contributed by atoms with Gasteiger partial charge in [-0.3, -0.25) is 4.72 Å². The molecule has 1 N–H and O–H groups in total. The average molecular weight is 432 g/mol. The monoisotopic (exact) mass is 431 g/mol. The lowest BCUT2D eigenvalue weighted by Crippen LogP contribution is -2.16. The summed E-state index contributed by atoms with van der Waals surface area (Å²) in [6.07, 6.45) is 0. The summed E-state index contributed by atoms with van der Waals surface area (Å²) in [6.45, 7) is 3.16. The molecule has 0 aromatic heterocycles. The van der Waals surface area contributed by atoms with Crippen molar-refractivity contribution in [1.29, 1.82) is 0 Å². The first-order chi connectivity index (χ1) is 13.6. The van der Waals surface area contributed by atoms with E-state index in [1.54, 1.807) is 49.4 Å². The van der Waals surface area contributed by atoms with Crippen molar-refractivity contribution in [2.45, 2.75) is 28.5 Å². The van der Waals surface area contributed by atoms with Crippen LogP contribution in [-0.2, 0) is 19.9 Å². The second-order valence-electron chi connectivity index (χ2n) is 6.54. The van der Waals surface area contributed by atoms with Crippen LogP contribution in [-0.4, -0.2) is 23.9 Å². The maximum atomic E-state index is 13.1. The van der Waals surface area contributed by atoms with E-state index in [0.29, 0.717) is 17.0 Å². The van der Waals surface area contributed by atoms with Gasteiger partial charge >= 0.3 is 0 Å². The number of aryl methyl sites for hydroxylation is 1. The number of rotatable bonds is 6. The van der Waals surface area contributed by atoms with Gasteiger partial charge in [0, 0.05) is 5.69 Å². The van der Waals surface area contributed by atoms with Gasteiger partial charge in [0.2, 0.25) is 9.84 Å². The molecule has 0 fully saturated rings. The van der Waals surface area contributed by atoms with Gasteiger partial charge in [0.15, 0.2) is 0 Å². The molecule has 3 aromatic carbocycles. The number of ether oxygens (including phenoxy) is 1. The van der Waals surface area contributed by atoms with Crippen molar-refractivity contribution < 1.29 is 21.6 Å². The highest BCUT2D eigenvalue weighted by Gasteiger charge is 2.26. The van der Waals surface area contributed by atoms with Crippen molar-refractivity contribution in [1.82, 2.24) is 0 Å². The number of benzene rings is 3. The highest BCUT2D eigenvalue weighted by Crippen LogP contribution is 2.30. The van der Waals surface area contributed by atoms with Crippen LogP contribution in [0.25, 0.3) is 0 Å². The Labute approximate surface area is 171 Å². The molecule has 0 aliphatic rings. The van der Waals surface area contributed by atoms with E-state index in [1.807, 2.05) is 0 Å². The molecule has 3 aromatic rings. The fourth-order valence-corrected chi connectivity index (χ4v) is 6.05. The third kappa shape index (κ3) is 4.28. The second-order valence-corrected chi connectivity index (χ2v) is 10.1. The SMILES string of the molecule is COc1ccc(NS(=O)(=O)c2cc(C)cc(S(=O)(=O)c3ccccc3)c2C)cc1. The molecule has 0 aliphatic carbocycles. The standard InChI is InChI=1S/C21H21NO5S2/c1-15-13-20(28(23,24)19-7-5-4-6-8-19)16(2)21(14-15)29(25,26)22-17-9-11-18(27-3)12-10-17/h4-14,22H,1-3H3. The predicted molar refractivity (Wildman–Crippen MR) is 112 cm³/mol. The van der Waals surface area contributed by atoms with Gasteiger partial charge in [0.1, 0.15) is 5.75 Å². The van der Waals surface area contributed by atoms with Gasteiger partial charge in [-0.05, 0) is 73.5 Å². The van der Waals surface area contributed by atoms with Gasteiger partial charge in [-0.1, -0.05) is 18.2 Å². The summed E-state index contributed by atoms with van der Waals surface area (Å²) in [5.41, 5.74) is 1.04. The predicted octanol–water partition coefficient (Wildman–Crippen LogP) is 3.95. The number of hydrogen-bond donors (Lipinski definition) is 1. The molecule has 0 spiro atoms. The van der Waals surface area contributed by atoms with Crippen LogP contribution in [0.4, 0.5) is 5.69 Å². The van der Waals surface area contributed by atoms with Gasteiger partial charge in [0.05, 0.1) is 21.8 Å². The zero-order valence-electron chi connectivity index (χ0n) is 16.2. The molecule has 3 rings (SSSR count). The summed E-state index contributed by atoms with van der Waals surface area (Å²) in [4.78, 5) is 0.00166. The Kier molecular flexibility index (Phi) is 5.68. The Morgan fingerprint density at radius 3 is 1.97 bits per heavy atom. The summed E-state index contributed by atoms with van der Waals surface area (Å²) in [6, 6.07) is 17.3. The lowest BCUT2D eigenvalue weighted by molar-refractivity contribution is 0.415.